The van der Waals surface area contributed by atoms with Crippen LogP contribution in [0, 0.1) is 0 Å². The number of carboxylic acids is 1. The average molecular weight is 294 g/mol. The summed E-state index contributed by atoms with van der Waals surface area (Å²) in [6, 6.07) is 8.24. The molecular formula is C14H18N2O5. The first-order valence-corrected chi connectivity index (χ1v) is 6.45. The zero-order valence-corrected chi connectivity index (χ0v) is 11.7. The molecule has 1 unspecified atom stereocenters. The van der Waals surface area contributed by atoms with Crippen molar-refractivity contribution in [2.24, 2.45) is 0 Å². The van der Waals surface area contributed by atoms with E-state index in [-0.39, 0.29) is 19.6 Å². The summed E-state index contributed by atoms with van der Waals surface area (Å²) in [6.45, 7) is 1.59. The number of benzene rings is 1. The smallest absolute Gasteiger partial charge is 0.407 e. The fourth-order valence-corrected chi connectivity index (χ4v) is 1.43. The monoisotopic (exact) mass is 294 g/mol. The predicted octanol–water partition coefficient (Wildman–Crippen LogP) is 0.892. The average Bonchev–Trinajstić information content (AvgIpc) is 2.46. The highest BCUT2D eigenvalue weighted by Crippen LogP contribution is 2.00. The lowest BCUT2D eigenvalue weighted by molar-refractivity contribution is -0.141. The number of nitrogens with one attached hydrogen (secondary N) is 2. The fourth-order valence-electron chi connectivity index (χ4n) is 1.43. The lowest BCUT2D eigenvalue weighted by Crippen LogP contribution is -2.39. The van der Waals surface area contributed by atoms with Gasteiger partial charge in [-0.1, -0.05) is 30.3 Å². The molecule has 2 amide bonds. The van der Waals surface area contributed by atoms with Gasteiger partial charge in [0.15, 0.2) is 0 Å². The van der Waals surface area contributed by atoms with Crippen LogP contribution in [0.3, 0.4) is 0 Å². The Morgan fingerprint density at radius 2 is 1.90 bits per heavy atom. The van der Waals surface area contributed by atoms with Crippen LogP contribution in [0.1, 0.15) is 18.9 Å². The van der Waals surface area contributed by atoms with Crippen LogP contribution in [-0.2, 0) is 20.9 Å². The van der Waals surface area contributed by atoms with Crippen molar-refractivity contribution in [1.29, 1.82) is 0 Å². The number of carbonyl (C=O) groups is 3. The van der Waals surface area contributed by atoms with E-state index in [9.17, 15) is 14.4 Å². The van der Waals surface area contributed by atoms with Crippen molar-refractivity contribution in [1.82, 2.24) is 10.6 Å². The van der Waals surface area contributed by atoms with E-state index in [2.05, 4.69) is 10.6 Å². The van der Waals surface area contributed by atoms with E-state index in [0.29, 0.717) is 0 Å². The summed E-state index contributed by atoms with van der Waals surface area (Å²) < 4.78 is 4.95. The molecule has 0 saturated carbocycles. The molecule has 3 N–H and O–H groups in total. The van der Waals surface area contributed by atoms with Crippen LogP contribution in [-0.4, -0.2) is 35.7 Å². The van der Waals surface area contributed by atoms with E-state index in [1.807, 2.05) is 30.3 Å². The van der Waals surface area contributed by atoms with Crippen LogP contribution in [0.2, 0.25) is 0 Å². The number of carboxylic acid groups (broad SMARTS) is 1. The topological polar surface area (TPSA) is 105 Å². The van der Waals surface area contributed by atoms with Crippen LogP contribution < -0.4 is 10.6 Å². The zero-order chi connectivity index (χ0) is 15.7. The summed E-state index contributed by atoms with van der Waals surface area (Å²) in [5.74, 6) is -1.56. The number of aliphatic carboxylic acids is 1. The molecule has 0 heterocycles. The van der Waals surface area contributed by atoms with Gasteiger partial charge in [0, 0.05) is 13.0 Å². The Hall–Kier alpha value is -2.57. The third kappa shape index (κ3) is 6.95. The van der Waals surface area contributed by atoms with Gasteiger partial charge < -0.3 is 20.5 Å². The maximum Gasteiger partial charge on any atom is 0.407 e. The molecule has 114 valence electrons. The van der Waals surface area contributed by atoms with E-state index in [0.717, 1.165) is 5.56 Å². The highest BCUT2D eigenvalue weighted by Gasteiger charge is 2.13. The first-order valence-electron chi connectivity index (χ1n) is 6.45. The van der Waals surface area contributed by atoms with Gasteiger partial charge >= 0.3 is 12.1 Å². The number of carbonyl (C=O) groups excluding carboxylic acids is 2. The Kier molecular flexibility index (Phi) is 6.73. The fraction of sp³-hybridized carbons (Fsp3) is 0.357. The molecule has 0 radical (unpaired) electrons. The maximum atomic E-state index is 11.4. The summed E-state index contributed by atoms with van der Waals surface area (Å²) in [5.41, 5.74) is 0.862. The minimum atomic E-state index is -1.11. The van der Waals surface area contributed by atoms with E-state index in [4.69, 9.17) is 9.84 Å². The molecule has 1 rings (SSSR count). The Labute approximate surface area is 122 Å². The second-order valence-corrected chi connectivity index (χ2v) is 4.37. The molecule has 0 aliphatic carbocycles. The normalized spacial score (nSPS) is 11.3. The molecule has 0 aliphatic heterocycles. The third-order valence-electron chi connectivity index (χ3n) is 2.58. The number of amides is 2. The van der Waals surface area contributed by atoms with Crippen LogP contribution in [0.15, 0.2) is 30.3 Å². The van der Waals surface area contributed by atoms with E-state index in [1.165, 1.54) is 6.92 Å². The summed E-state index contributed by atoms with van der Waals surface area (Å²) in [7, 11) is 0. The first-order chi connectivity index (χ1) is 9.99. The predicted molar refractivity (Wildman–Crippen MR) is 74.5 cm³/mol. The highest BCUT2D eigenvalue weighted by atomic mass is 16.5. The second kappa shape index (κ2) is 8.57. The largest absolute Gasteiger partial charge is 0.480 e. The van der Waals surface area contributed by atoms with Crippen LogP contribution >= 0.6 is 0 Å². The summed E-state index contributed by atoms with van der Waals surface area (Å²) in [5, 5.41) is 13.3. The molecule has 7 heteroatoms. The van der Waals surface area contributed by atoms with Gasteiger partial charge in [0.25, 0.3) is 0 Å². The van der Waals surface area contributed by atoms with Crippen molar-refractivity contribution in [2.45, 2.75) is 26.0 Å². The van der Waals surface area contributed by atoms with Gasteiger partial charge in [-0.25, -0.2) is 4.79 Å². The maximum absolute atomic E-state index is 11.4. The van der Waals surface area contributed by atoms with Crippen molar-refractivity contribution in [3.63, 3.8) is 0 Å². The molecule has 1 aromatic rings. The van der Waals surface area contributed by atoms with Gasteiger partial charge in [-0.15, -0.1) is 0 Å². The van der Waals surface area contributed by atoms with Crippen LogP contribution in [0.25, 0.3) is 0 Å². The SMILES string of the molecule is CC(NC(=O)CCNC(=O)OCc1ccccc1)C(=O)O. The molecule has 1 atom stereocenters. The van der Waals surface area contributed by atoms with E-state index < -0.39 is 24.0 Å². The van der Waals surface area contributed by atoms with Gasteiger partial charge in [-0.05, 0) is 12.5 Å². The molecule has 0 bridgehead atoms. The van der Waals surface area contributed by atoms with Gasteiger partial charge in [0.1, 0.15) is 12.6 Å². The standard InChI is InChI=1S/C14H18N2O5/c1-10(13(18)19)16-12(17)7-8-15-14(20)21-9-11-5-3-2-4-6-11/h2-6,10H,7-9H2,1H3,(H,15,20)(H,16,17)(H,18,19). The van der Waals surface area contributed by atoms with Crippen molar-refractivity contribution in [3.05, 3.63) is 35.9 Å². The van der Waals surface area contributed by atoms with Gasteiger partial charge in [0.2, 0.25) is 5.91 Å². The molecule has 7 nitrogen and oxygen atoms in total. The number of hydrogen-bond donors (Lipinski definition) is 3. The number of rotatable bonds is 7. The molecule has 0 saturated heterocycles. The molecular weight excluding hydrogens is 276 g/mol. The Morgan fingerprint density at radius 3 is 2.52 bits per heavy atom. The van der Waals surface area contributed by atoms with Gasteiger partial charge in [0.05, 0.1) is 0 Å². The molecule has 1 aromatic carbocycles. The Bertz CT molecular complexity index is 489. The molecule has 0 aromatic heterocycles. The van der Waals surface area contributed by atoms with Gasteiger partial charge in [-0.3, -0.25) is 9.59 Å². The Morgan fingerprint density at radius 1 is 1.24 bits per heavy atom. The summed E-state index contributed by atoms with van der Waals surface area (Å²) in [4.78, 5) is 33.3. The summed E-state index contributed by atoms with van der Waals surface area (Å²) in [6.07, 6.45) is -0.643. The van der Waals surface area contributed by atoms with Crippen LogP contribution in [0.5, 0.6) is 0 Å². The molecule has 0 fully saturated rings. The van der Waals surface area contributed by atoms with Crippen LogP contribution in [0.4, 0.5) is 4.79 Å². The Balaban J connectivity index is 2.16. The quantitative estimate of drug-likeness (QED) is 0.692. The number of hydrogen-bond acceptors (Lipinski definition) is 4. The van der Waals surface area contributed by atoms with Gasteiger partial charge in [-0.2, -0.15) is 0 Å². The first kappa shape index (κ1) is 16.5. The highest BCUT2D eigenvalue weighted by molar-refractivity contribution is 5.83. The van der Waals surface area contributed by atoms with Crippen molar-refractivity contribution in [2.75, 3.05) is 6.54 Å². The van der Waals surface area contributed by atoms with Crippen molar-refractivity contribution in [3.8, 4) is 0 Å². The van der Waals surface area contributed by atoms with Crippen molar-refractivity contribution < 1.29 is 24.2 Å². The lowest BCUT2D eigenvalue weighted by Gasteiger charge is -2.10. The third-order valence-corrected chi connectivity index (χ3v) is 2.58. The molecule has 0 aliphatic rings. The molecule has 0 spiro atoms. The lowest BCUT2D eigenvalue weighted by atomic mass is 10.2. The molecule has 21 heavy (non-hydrogen) atoms. The minimum absolute atomic E-state index is 0.0158. The minimum Gasteiger partial charge on any atom is -0.480 e. The zero-order valence-electron chi connectivity index (χ0n) is 11.7. The van der Waals surface area contributed by atoms with E-state index >= 15 is 0 Å². The summed E-state index contributed by atoms with van der Waals surface area (Å²) >= 11 is 0. The number of alkyl carbamates (subject to hydrolysis) is 1. The number of ether oxygens (including phenoxy) is 1. The van der Waals surface area contributed by atoms with Crippen molar-refractivity contribution >= 4 is 18.0 Å². The van der Waals surface area contributed by atoms with E-state index in [1.54, 1.807) is 0 Å². The second-order valence-electron chi connectivity index (χ2n) is 4.37.